The van der Waals surface area contributed by atoms with Crippen molar-refractivity contribution >= 4 is 41.0 Å². The Morgan fingerprint density at radius 2 is 1.90 bits per heavy atom. The van der Waals surface area contributed by atoms with E-state index in [0.717, 1.165) is 31.5 Å². The highest BCUT2D eigenvalue weighted by Crippen LogP contribution is 2.40. The second-order valence-electron chi connectivity index (χ2n) is 11.8. The number of amides is 3. The minimum absolute atomic E-state index is 0.0632. The van der Waals surface area contributed by atoms with Crippen molar-refractivity contribution in [1.82, 2.24) is 20.2 Å². The summed E-state index contributed by atoms with van der Waals surface area (Å²) in [6, 6.07) is 5.07. The van der Waals surface area contributed by atoms with Crippen molar-refractivity contribution in [2.45, 2.75) is 77.5 Å². The Kier molecular flexibility index (Phi) is 9.43. The third-order valence-corrected chi connectivity index (χ3v) is 7.56. The van der Waals surface area contributed by atoms with E-state index < -0.39 is 11.7 Å². The summed E-state index contributed by atoms with van der Waals surface area (Å²) >= 11 is 0. The van der Waals surface area contributed by atoms with Gasteiger partial charge in [-0.1, -0.05) is 19.8 Å². The summed E-state index contributed by atoms with van der Waals surface area (Å²) in [5, 5.41) is 6.06. The molecule has 2 aliphatic rings. The SMILES string of the molecule is CCC1C(=O)N(C)c2cnc(Nc3ccc(C(=O)NCCN(C)C(=O)OC(C)(C)C)cc3OC)nc2N1C1CCCC1. The maximum Gasteiger partial charge on any atom is 0.410 e. The summed E-state index contributed by atoms with van der Waals surface area (Å²) in [5.41, 5.74) is 1.10. The van der Waals surface area contributed by atoms with Gasteiger partial charge >= 0.3 is 6.09 Å². The Morgan fingerprint density at radius 1 is 1.19 bits per heavy atom. The van der Waals surface area contributed by atoms with Crippen LogP contribution >= 0.6 is 0 Å². The molecule has 2 N–H and O–H groups in total. The van der Waals surface area contributed by atoms with Crippen molar-refractivity contribution in [3.63, 3.8) is 0 Å². The molecule has 0 radical (unpaired) electrons. The number of likely N-dealkylation sites (N-methyl/N-ethyl adjacent to an activating group) is 2. The maximum atomic E-state index is 13.2. The van der Waals surface area contributed by atoms with Gasteiger partial charge in [0.1, 0.15) is 23.1 Å². The van der Waals surface area contributed by atoms with Crippen LogP contribution < -0.4 is 25.2 Å². The van der Waals surface area contributed by atoms with E-state index in [4.69, 9.17) is 14.5 Å². The van der Waals surface area contributed by atoms with Crippen LogP contribution in [0.15, 0.2) is 24.4 Å². The number of hydrogen-bond donors (Lipinski definition) is 2. The van der Waals surface area contributed by atoms with Gasteiger partial charge in [0.25, 0.3) is 5.91 Å². The van der Waals surface area contributed by atoms with E-state index >= 15 is 0 Å². The fourth-order valence-corrected chi connectivity index (χ4v) is 5.37. The third-order valence-electron chi connectivity index (χ3n) is 7.56. The summed E-state index contributed by atoms with van der Waals surface area (Å²) in [6.45, 7) is 8.00. The molecule has 1 aliphatic carbocycles. The van der Waals surface area contributed by atoms with E-state index in [1.807, 2.05) is 6.92 Å². The summed E-state index contributed by atoms with van der Waals surface area (Å²) in [4.78, 5) is 52.7. The summed E-state index contributed by atoms with van der Waals surface area (Å²) < 4.78 is 10.9. The summed E-state index contributed by atoms with van der Waals surface area (Å²) in [7, 11) is 4.92. The van der Waals surface area contributed by atoms with E-state index in [1.54, 1.807) is 64.2 Å². The molecule has 1 fully saturated rings. The van der Waals surface area contributed by atoms with Gasteiger partial charge in [0.2, 0.25) is 11.9 Å². The Balaban J connectivity index is 1.47. The summed E-state index contributed by atoms with van der Waals surface area (Å²) in [6.07, 6.45) is 6.28. The maximum absolute atomic E-state index is 13.2. The van der Waals surface area contributed by atoms with E-state index in [1.165, 1.54) is 12.0 Å². The number of anilines is 4. The van der Waals surface area contributed by atoms with Gasteiger partial charge in [0.05, 0.1) is 19.0 Å². The lowest BCUT2D eigenvalue weighted by Crippen LogP contribution is -2.55. The molecule has 1 atom stereocenters. The number of aromatic nitrogens is 2. The monoisotopic (exact) mass is 581 g/mol. The van der Waals surface area contributed by atoms with Crippen LogP contribution in [0, 0.1) is 0 Å². The molecule has 0 saturated heterocycles. The van der Waals surface area contributed by atoms with Gasteiger partial charge in [0, 0.05) is 38.8 Å². The molecule has 42 heavy (non-hydrogen) atoms. The lowest BCUT2D eigenvalue weighted by atomic mass is 10.0. The highest BCUT2D eigenvalue weighted by atomic mass is 16.6. The Bertz CT molecular complexity index is 1310. The topological polar surface area (TPSA) is 129 Å². The standard InChI is InChI=1S/C30H43N7O5/c1-8-22-27(39)36(6)23-18-32-28(34-25(23)37(22)20-11-9-10-12-20)33-21-14-13-19(17-24(21)41-7)26(38)31-15-16-35(5)29(40)42-30(2,3)4/h13-14,17-18,20,22H,8-12,15-16H2,1-7H3,(H,31,38)(H,32,33,34). The van der Waals surface area contributed by atoms with Gasteiger partial charge in [-0.3, -0.25) is 9.59 Å². The number of fused-ring (bicyclic) bond motifs is 1. The van der Waals surface area contributed by atoms with Crippen molar-refractivity contribution in [1.29, 1.82) is 0 Å². The van der Waals surface area contributed by atoms with Gasteiger partial charge in [-0.25, -0.2) is 9.78 Å². The molecule has 12 nitrogen and oxygen atoms in total. The predicted molar refractivity (Wildman–Crippen MR) is 162 cm³/mol. The average molecular weight is 582 g/mol. The van der Waals surface area contributed by atoms with Crippen molar-refractivity contribution in [2.24, 2.45) is 0 Å². The van der Waals surface area contributed by atoms with Crippen LogP contribution in [0.2, 0.25) is 0 Å². The first-order valence-corrected chi connectivity index (χ1v) is 14.5. The van der Waals surface area contributed by atoms with Gasteiger partial charge in [-0.2, -0.15) is 4.98 Å². The molecule has 2 aromatic rings. The van der Waals surface area contributed by atoms with Gasteiger partial charge in [-0.15, -0.1) is 0 Å². The van der Waals surface area contributed by atoms with Crippen molar-refractivity contribution in [3.8, 4) is 5.75 Å². The molecule has 1 unspecified atom stereocenters. The molecule has 3 amide bonds. The zero-order chi connectivity index (χ0) is 30.6. The highest BCUT2D eigenvalue weighted by molar-refractivity contribution is 6.04. The van der Waals surface area contributed by atoms with Crippen molar-refractivity contribution < 1.29 is 23.9 Å². The van der Waals surface area contributed by atoms with Crippen LogP contribution in [0.5, 0.6) is 5.75 Å². The number of nitrogens with one attached hydrogen (secondary N) is 2. The van der Waals surface area contributed by atoms with Crippen LogP contribution in [0.1, 0.15) is 70.2 Å². The van der Waals surface area contributed by atoms with Crippen LogP contribution in [0.25, 0.3) is 0 Å². The minimum atomic E-state index is -0.590. The molecule has 0 bridgehead atoms. The smallest absolute Gasteiger partial charge is 0.410 e. The number of hydrogen-bond acceptors (Lipinski definition) is 9. The second kappa shape index (κ2) is 12.8. The van der Waals surface area contributed by atoms with Crippen LogP contribution in [-0.2, 0) is 9.53 Å². The molecule has 2 heterocycles. The molecule has 228 valence electrons. The largest absolute Gasteiger partial charge is 0.495 e. The van der Waals surface area contributed by atoms with E-state index in [0.29, 0.717) is 41.6 Å². The zero-order valence-electron chi connectivity index (χ0n) is 25.7. The van der Waals surface area contributed by atoms with Crippen molar-refractivity contribution in [2.75, 3.05) is 49.4 Å². The average Bonchev–Trinajstić information content (AvgIpc) is 3.48. The first kappa shape index (κ1) is 30.9. The number of carbonyl (C=O) groups excluding carboxylic acids is 3. The lowest BCUT2D eigenvalue weighted by molar-refractivity contribution is -0.120. The van der Waals surface area contributed by atoms with Gasteiger partial charge in [-0.05, 0) is 58.2 Å². The Hall–Kier alpha value is -4.09. The summed E-state index contributed by atoms with van der Waals surface area (Å²) in [5.74, 6) is 1.33. The first-order valence-electron chi connectivity index (χ1n) is 14.5. The number of benzene rings is 1. The molecular formula is C30H43N7O5. The molecule has 1 aromatic heterocycles. The second-order valence-corrected chi connectivity index (χ2v) is 11.8. The molecule has 0 spiro atoms. The molecule has 1 saturated carbocycles. The zero-order valence-corrected chi connectivity index (χ0v) is 25.7. The fraction of sp³-hybridized carbons (Fsp3) is 0.567. The number of carbonyl (C=O) groups is 3. The Labute approximate surface area is 247 Å². The fourth-order valence-electron chi connectivity index (χ4n) is 5.37. The molecule has 1 aromatic carbocycles. The molecular weight excluding hydrogens is 538 g/mol. The Morgan fingerprint density at radius 3 is 2.55 bits per heavy atom. The third kappa shape index (κ3) is 6.85. The lowest BCUT2D eigenvalue weighted by Gasteiger charge is -2.43. The number of ether oxygens (including phenoxy) is 2. The predicted octanol–water partition coefficient (Wildman–Crippen LogP) is 4.33. The number of rotatable bonds is 9. The highest BCUT2D eigenvalue weighted by Gasteiger charge is 2.41. The van der Waals surface area contributed by atoms with Crippen LogP contribution in [-0.4, -0.2) is 84.8 Å². The van der Waals surface area contributed by atoms with E-state index in [-0.39, 0.29) is 30.4 Å². The quantitative estimate of drug-likeness (QED) is 0.445. The number of methoxy groups -OCH3 is 1. The van der Waals surface area contributed by atoms with Crippen molar-refractivity contribution in [3.05, 3.63) is 30.0 Å². The van der Waals surface area contributed by atoms with Gasteiger partial charge in [0.15, 0.2) is 5.82 Å². The van der Waals surface area contributed by atoms with Crippen LogP contribution in [0.3, 0.4) is 0 Å². The molecule has 12 heteroatoms. The van der Waals surface area contributed by atoms with Gasteiger partial charge < -0.3 is 34.8 Å². The van der Waals surface area contributed by atoms with E-state index in [2.05, 4.69) is 20.5 Å². The molecule has 4 rings (SSSR count). The normalized spacial score (nSPS) is 17.1. The van der Waals surface area contributed by atoms with E-state index in [9.17, 15) is 14.4 Å². The molecule has 1 aliphatic heterocycles. The van der Waals surface area contributed by atoms with Crippen LogP contribution in [0.4, 0.5) is 27.9 Å². The number of nitrogens with zero attached hydrogens (tertiary/aromatic N) is 5. The minimum Gasteiger partial charge on any atom is -0.495 e. The first-order chi connectivity index (χ1) is 19.9.